The summed E-state index contributed by atoms with van der Waals surface area (Å²) >= 11 is 3.57. The van der Waals surface area contributed by atoms with E-state index in [2.05, 4.69) is 36.7 Å². The monoisotopic (exact) mass is 320 g/mol. The Labute approximate surface area is 122 Å². The Morgan fingerprint density at radius 1 is 1.05 bits per heavy atom. The quantitative estimate of drug-likeness (QED) is 0.819. The van der Waals surface area contributed by atoms with E-state index in [4.69, 9.17) is 4.74 Å². The molecule has 2 aromatic rings. The number of hydrogen-bond donors (Lipinski definition) is 1. The highest BCUT2D eigenvalue weighted by Crippen LogP contribution is 2.35. The summed E-state index contributed by atoms with van der Waals surface area (Å²) in [6.07, 6.45) is 0. The van der Waals surface area contributed by atoms with Crippen LogP contribution in [0.1, 0.15) is 26.3 Å². The lowest BCUT2D eigenvalue weighted by Gasteiger charge is -2.21. The Bertz CT molecular complexity index is 586. The molecular formula is C16H17BrO2. The number of halogens is 1. The van der Waals surface area contributed by atoms with Gasteiger partial charge in [0.15, 0.2) is 11.5 Å². The van der Waals surface area contributed by atoms with Gasteiger partial charge in [0.05, 0.1) is 0 Å². The normalized spacial score (nSPS) is 11.4. The molecule has 0 bridgehead atoms. The molecule has 0 radical (unpaired) electrons. The average molecular weight is 321 g/mol. The number of hydrogen-bond acceptors (Lipinski definition) is 2. The second kappa shape index (κ2) is 5.25. The Balaban J connectivity index is 2.29. The number of phenolic OH excluding ortho intramolecular Hbond substituents is 1. The second-order valence-corrected chi connectivity index (χ2v) is 6.32. The molecule has 2 rings (SSSR count). The Hall–Kier alpha value is -1.48. The molecule has 0 atom stereocenters. The Morgan fingerprint density at radius 3 is 2.32 bits per heavy atom. The van der Waals surface area contributed by atoms with E-state index in [9.17, 15) is 5.11 Å². The topological polar surface area (TPSA) is 29.5 Å². The van der Waals surface area contributed by atoms with Gasteiger partial charge in [-0.25, -0.2) is 0 Å². The summed E-state index contributed by atoms with van der Waals surface area (Å²) in [7, 11) is 0. The van der Waals surface area contributed by atoms with Crippen LogP contribution >= 0.6 is 15.9 Å². The van der Waals surface area contributed by atoms with Gasteiger partial charge in [-0.1, -0.05) is 54.9 Å². The molecule has 0 aliphatic heterocycles. The SMILES string of the molecule is CC(C)(C)c1ccc(Oc2ccccc2O)cc1Br. The van der Waals surface area contributed by atoms with E-state index in [0.29, 0.717) is 11.5 Å². The van der Waals surface area contributed by atoms with Crippen molar-refractivity contribution < 1.29 is 9.84 Å². The van der Waals surface area contributed by atoms with Crippen molar-refractivity contribution in [2.24, 2.45) is 0 Å². The van der Waals surface area contributed by atoms with Crippen LogP contribution in [-0.4, -0.2) is 5.11 Å². The largest absolute Gasteiger partial charge is 0.504 e. The summed E-state index contributed by atoms with van der Waals surface area (Å²) in [6.45, 7) is 6.49. The van der Waals surface area contributed by atoms with E-state index in [1.807, 2.05) is 24.3 Å². The van der Waals surface area contributed by atoms with Crippen LogP contribution in [0.15, 0.2) is 46.9 Å². The molecule has 0 saturated heterocycles. The molecule has 2 aromatic carbocycles. The molecule has 0 aliphatic rings. The zero-order valence-corrected chi connectivity index (χ0v) is 12.9. The van der Waals surface area contributed by atoms with Gasteiger partial charge >= 0.3 is 0 Å². The summed E-state index contributed by atoms with van der Waals surface area (Å²) in [6, 6.07) is 12.8. The number of phenols is 1. The maximum Gasteiger partial charge on any atom is 0.169 e. The minimum absolute atomic E-state index is 0.0756. The van der Waals surface area contributed by atoms with Crippen LogP contribution < -0.4 is 4.74 Å². The third kappa shape index (κ3) is 3.29. The predicted molar refractivity (Wildman–Crippen MR) is 81.0 cm³/mol. The maximum absolute atomic E-state index is 9.69. The van der Waals surface area contributed by atoms with Gasteiger partial charge in [0.1, 0.15) is 5.75 Å². The number of benzene rings is 2. The first-order chi connectivity index (χ1) is 8.88. The van der Waals surface area contributed by atoms with E-state index in [0.717, 1.165) is 4.47 Å². The number of para-hydroxylation sites is 2. The fourth-order valence-electron chi connectivity index (χ4n) is 1.84. The fourth-order valence-corrected chi connectivity index (χ4v) is 2.79. The van der Waals surface area contributed by atoms with Crippen LogP contribution in [-0.2, 0) is 5.41 Å². The molecular weight excluding hydrogens is 304 g/mol. The lowest BCUT2D eigenvalue weighted by Crippen LogP contribution is -2.11. The molecule has 100 valence electrons. The highest BCUT2D eigenvalue weighted by Gasteiger charge is 2.17. The lowest BCUT2D eigenvalue weighted by atomic mass is 9.87. The number of rotatable bonds is 2. The predicted octanol–water partition coefficient (Wildman–Crippen LogP) is 5.24. The minimum atomic E-state index is 0.0756. The van der Waals surface area contributed by atoms with Gasteiger partial charge in [0, 0.05) is 4.47 Å². The van der Waals surface area contributed by atoms with Gasteiger partial charge in [-0.2, -0.15) is 0 Å². The number of aromatic hydroxyl groups is 1. The summed E-state index contributed by atoms with van der Waals surface area (Å²) in [5.41, 5.74) is 1.30. The molecule has 0 amide bonds. The van der Waals surface area contributed by atoms with Gasteiger partial charge in [0.25, 0.3) is 0 Å². The fraction of sp³-hybridized carbons (Fsp3) is 0.250. The molecule has 0 heterocycles. The van der Waals surface area contributed by atoms with Crippen molar-refractivity contribution in [2.45, 2.75) is 26.2 Å². The van der Waals surface area contributed by atoms with Crippen LogP contribution in [0.25, 0.3) is 0 Å². The first-order valence-electron chi connectivity index (χ1n) is 6.14. The van der Waals surface area contributed by atoms with Gasteiger partial charge in [-0.15, -0.1) is 0 Å². The van der Waals surface area contributed by atoms with E-state index < -0.39 is 0 Å². The van der Waals surface area contributed by atoms with Crippen molar-refractivity contribution in [3.05, 3.63) is 52.5 Å². The van der Waals surface area contributed by atoms with Crippen molar-refractivity contribution >= 4 is 15.9 Å². The molecule has 3 heteroatoms. The molecule has 0 unspecified atom stereocenters. The highest BCUT2D eigenvalue weighted by atomic mass is 79.9. The molecule has 2 nitrogen and oxygen atoms in total. The van der Waals surface area contributed by atoms with Gasteiger partial charge in [-0.05, 0) is 35.2 Å². The van der Waals surface area contributed by atoms with Gasteiger partial charge < -0.3 is 9.84 Å². The Kier molecular flexibility index (Phi) is 3.85. The van der Waals surface area contributed by atoms with Gasteiger partial charge in [-0.3, -0.25) is 0 Å². The van der Waals surface area contributed by atoms with E-state index >= 15 is 0 Å². The first-order valence-corrected chi connectivity index (χ1v) is 6.93. The summed E-state index contributed by atoms with van der Waals surface area (Å²) in [5, 5.41) is 9.69. The van der Waals surface area contributed by atoms with Crippen LogP contribution in [0.3, 0.4) is 0 Å². The van der Waals surface area contributed by atoms with Crippen molar-refractivity contribution in [1.29, 1.82) is 0 Å². The molecule has 19 heavy (non-hydrogen) atoms. The highest BCUT2D eigenvalue weighted by molar-refractivity contribution is 9.10. The molecule has 0 spiro atoms. The zero-order valence-electron chi connectivity index (χ0n) is 11.3. The molecule has 0 aromatic heterocycles. The van der Waals surface area contributed by atoms with E-state index in [1.54, 1.807) is 18.2 Å². The summed E-state index contributed by atoms with van der Waals surface area (Å²) in [5.74, 6) is 1.29. The van der Waals surface area contributed by atoms with Crippen LogP contribution in [0.4, 0.5) is 0 Å². The minimum Gasteiger partial charge on any atom is -0.504 e. The van der Waals surface area contributed by atoms with E-state index in [-0.39, 0.29) is 11.2 Å². The van der Waals surface area contributed by atoms with Crippen LogP contribution in [0.2, 0.25) is 0 Å². The van der Waals surface area contributed by atoms with Gasteiger partial charge in [0.2, 0.25) is 0 Å². The zero-order chi connectivity index (χ0) is 14.0. The lowest BCUT2D eigenvalue weighted by molar-refractivity contribution is 0.411. The molecule has 0 saturated carbocycles. The molecule has 0 fully saturated rings. The third-order valence-corrected chi connectivity index (χ3v) is 3.50. The summed E-state index contributed by atoms with van der Waals surface area (Å²) in [4.78, 5) is 0. The van der Waals surface area contributed by atoms with Crippen LogP contribution in [0.5, 0.6) is 17.2 Å². The average Bonchev–Trinajstić information content (AvgIpc) is 2.30. The van der Waals surface area contributed by atoms with Crippen molar-refractivity contribution in [2.75, 3.05) is 0 Å². The number of ether oxygens (including phenoxy) is 1. The van der Waals surface area contributed by atoms with Crippen molar-refractivity contribution in [3.8, 4) is 17.2 Å². The van der Waals surface area contributed by atoms with E-state index in [1.165, 1.54) is 5.56 Å². The van der Waals surface area contributed by atoms with Crippen molar-refractivity contribution in [3.63, 3.8) is 0 Å². The second-order valence-electron chi connectivity index (χ2n) is 5.46. The maximum atomic E-state index is 9.69. The standard InChI is InChI=1S/C16H17BrO2/c1-16(2,3)12-9-8-11(10-13(12)17)19-15-7-5-4-6-14(15)18/h4-10,18H,1-3H3. The first kappa shape index (κ1) is 13.9. The summed E-state index contributed by atoms with van der Waals surface area (Å²) < 4.78 is 6.68. The Morgan fingerprint density at radius 2 is 1.74 bits per heavy atom. The molecule has 0 aliphatic carbocycles. The van der Waals surface area contributed by atoms with Crippen LogP contribution in [0, 0.1) is 0 Å². The molecule has 1 N–H and O–H groups in total. The third-order valence-electron chi connectivity index (χ3n) is 2.84. The van der Waals surface area contributed by atoms with Crippen molar-refractivity contribution in [1.82, 2.24) is 0 Å². The smallest absolute Gasteiger partial charge is 0.169 e.